The van der Waals surface area contributed by atoms with Crippen molar-refractivity contribution >= 4 is 10.1 Å². The molecule has 2 heterocycles. The molecule has 0 N–H and O–H groups in total. The highest BCUT2D eigenvalue weighted by Gasteiger charge is 2.22. The zero-order valence-electron chi connectivity index (χ0n) is 15.1. The molecule has 8 nitrogen and oxygen atoms in total. The summed E-state index contributed by atoms with van der Waals surface area (Å²) in [7, 11) is -3.06. The van der Waals surface area contributed by atoms with Crippen molar-refractivity contribution in [3.05, 3.63) is 72.7 Å². The number of nitrogens with zero attached hydrogens (tertiary/aromatic N) is 5. The molecule has 0 fully saturated rings. The monoisotopic (exact) mass is 411 g/mol. The molecule has 0 spiro atoms. The van der Waals surface area contributed by atoms with E-state index in [4.69, 9.17) is 0 Å². The van der Waals surface area contributed by atoms with E-state index in [2.05, 4.69) is 24.5 Å². The Kier molecular flexibility index (Phi) is 4.87. The van der Waals surface area contributed by atoms with Crippen LogP contribution in [0, 0.1) is 5.82 Å². The first-order valence-electron chi connectivity index (χ1n) is 8.41. The molecule has 0 bridgehead atoms. The van der Waals surface area contributed by atoms with E-state index in [0.717, 1.165) is 12.8 Å². The molecule has 0 amide bonds. The summed E-state index contributed by atoms with van der Waals surface area (Å²) in [6.07, 6.45) is 1.30. The van der Waals surface area contributed by atoms with E-state index in [1.165, 1.54) is 24.4 Å². The van der Waals surface area contributed by atoms with Crippen molar-refractivity contribution in [1.29, 1.82) is 0 Å². The molecule has 4 aromatic rings. The summed E-state index contributed by atoms with van der Waals surface area (Å²) in [4.78, 5) is 7.84. The molecule has 0 saturated carbocycles. The highest BCUT2D eigenvalue weighted by molar-refractivity contribution is 7.86. The Labute approximate surface area is 165 Å². The smallest absolute Gasteiger partial charge is 0.267 e. The third-order valence-electron chi connectivity index (χ3n) is 4.11. The standard InChI is InChI=1S/C19H14FN5O3S/c1-28-29(26,27)19-21-12-11-16(22-19)17-18(13-7-9-14(20)10-8-13)25(24-23-17)15-5-3-2-4-6-15/h2-12H,1H3. The minimum atomic E-state index is -4.08. The second-order valence-corrected chi connectivity index (χ2v) is 7.49. The molecule has 29 heavy (non-hydrogen) atoms. The van der Waals surface area contributed by atoms with Crippen molar-refractivity contribution in [2.75, 3.05) is 7.11 Å². The average Bonchev–Trinajstić information content (AvgIpc) is 3.20. The van der Waals surface area contributed by atoms with Gasteiger partial charge in [0.05, 0.1) is 18.5 Å². The lowest BCUT2D eigenvalue weighted by Gasteiger charge is -2.09. The van der Waals surface area contributed by atoms with Crippen LogP contribution in [0.3, 0.4) is 0 Å². The Balaban J connectivity index is 1.95. The first-order valence-corrected chi connectivity index (χ1v) is 9.81. The topological polar surface area (TPSA) is 99.9 Å². The molecule has 4 rings (SSSR count). The molecule has 0 unspecified atom stereocenters. The second-order valence-electron chi connectivity index (χ2n) is 5.89. The van der Waals surface area contributed by atoms with Gasteiger partial charge in [0.25, 0.3) is 5.16 Å². The van der Waals surface area contributed by atoms with Crippen molar-refractivity contribution in [3.63, 3.8) is 0 Å². The van der Waals surface area contributed by atoms with Gasteiger partial charge >= 0.3 is 10.1 Å². The summed E-state index contributed by atoms with van der Waals surface area (Å²) in [5.41, 5.74) is 2.43. The van der Waals surface area contributed by atoms with E-state index < -0.39 is 15.3 Å². The van der Waals surface area contributed by atoms with Crippen molar-refractivity contribution < 1.29 is 17.0 Å². The fourth-order valence-corrected chi connectivity index (χ4v) is 3.29. The van der Waals surface area contributed by atoms with Crippen LogP contribution in [0.5, 0.6) is 0 Å². The van der Waals surface area contributed by atoms with E-state index in [1.807, 2.05) is 30.3 Å². The molecule has 0 aliphatic heterocycles. The predicted octanol–water partition coefficient (Wildman–Crippen LogP) is 2.87. The summed E-state index contributed by atoms with van der Waals surface area (Å²) >= 11 is 0. The quantitative estimate of drug-likeness (QED) is 0.368. The number of benzene rings is 2. The number of hydrogen-bond donors (Lipinski definition) is 0. The maximum absolute atomic E-state index is 13.5. The Hall–Kier alpha value is -3.50. The highest BCUT2D eigenvalue weighted by Crippen LogP contribution is 2.31. The Bertz CT molecular complexity index is 1260. The second kappa shape index (κ2) is 7.49. The van der Waals surface area contributed by atoms with Gasteiger partial charge in [-0.2, -0.15) is 8.42 Å². The molecule has 2 aromatic carbocycles. The largest absolute Gasteiger partial charge is 0.332 e. The lowest BCUT2D eigenvalue weighted by molar-refractivity contribution is 0.392. The lowest BCUT2D eigenvalue weighted by atomic mass is 10.1. The summed E-state index contributed by atoms with van der Waals surface area (Å²) in [5.74, 6) is -0.385. The molecular weight excluding hydrogens is 397 g/mol. The molecule has 0 atom stereocenters. The van der Waals surface area contributed by atoms with Gasteiger partial charge < -0.3 is 0 Å². The number of rotatable bonds is 5. The van der Waals surface area contributed by atoms with Crippen LogP contribution in [-0.2, 0) is 14.3 Å². The zero-order valence-corrected chi connectivity index (χ0v) is 15.9. The zero-order chi connectivity index (χ0) is 20.4. The first-order chi connectivity index (χ1) is 14.0. The van der Waals surface area contributed by atoms with Gasteiger partial charge in [-0.05, 0) is 42.5 Å². The number of aromatic nitrogens is 5. The number of hydrogen-bond acceptors (Lipinski definition) is 7. The van der Waals surface area contributed by atoms with E-state index in [1.54, 1.807) is 16.8 Å². The molecule has 10 heteroatoms. The Morgan fingerprint density at radius 2 is 1.72 bits per heavy atom. The average molecular weight is 411 g/mol. The van der Waals surface area contributed by atoms with Crippen molar-refractivity contribution in [2.45, 2.75) is 5.16 Å². The van der Waals surface area contributed by atoms with Gasteiger partial charge in [0, 0.05) is 11.8 Å². The van der Waals surface area contributed by atoms with Crippen LogP contribution >= 0.6 is 0 Å². The maximum Gasteiger partial charge on any atom is 0.332 e. The van der Waals surface area contributed by atoms with E-state index in [-0.39, 0.29) is 11.5 Å². The molecule has 2 aromatic heterocycles. The van der Waals surface area contributed by atoms with E-state index >= 15 is 0 Å². The maximum atomic E-state index is 13.5. The van der Waals surface area contributed by atoms with Gasteiger partial charge in [-0.3, -0.25) is 4.18 Å². The summed E-state index contributed by atoms with van der Waals surface area (Å²) in [6.45, 7) is 0. The van der Waals surface area contributed by atoms with Crippen molar-refractivity contribution in [3.8, 4) is 28.3 Å². The van der Waals surface area contributed by atoms with Crippen molar-refractivity contribution in [1.82, 2.24) is 25.0 Å². The van der Waals surface area contributed by atoms with Crippen LogP contribution in [0.25, 0.3) is 28.3 Å². The summed E-state index contributed by atoms with van der Waals surface area (Å²) in [5, 5.41) is 7.92. The predicted molar refractivity (Wildman–Crippen MR) is 102 cm³/mol. The van der Waals surface area contributed by atoms with Gasteiger partial charge in [0.15, 0.2) is 0 Å². The van der Waals surface area contributed by atoms with Crippen LogP contribution in [0.2, 0.25) is 0 Å². The Morgan fingerprint density at radius 1 is 1.00 bits per heavy atom. The normalized spacial score (nSPS) is 11.5. The molecular formula is C19H14FN5O3S. The van der Waals surface area contributed by atoms with Gasteiger partial charge in [0.1, 0.15) is 17.2 Å². The van der Waals surface area contributed by atoms with Crippen LogP contribution in [-0.4, -0.2) is 40.5 Å². The number of halogens is 1. The molecule has 0 saturated heterocycles. The van der Waals surface area contributed by atoms with Gasteiger partial charge in [0.2, 0.25) is 0 Å². The minimum Gasteiger partial charge on any atom is -0.267 e. The van der Waals surface area contributed by atoms with Gasteiger partial charge in [-0.1, -0.05) is 23.4 Å². The van der Waals surface area contributed by atoms with Crippen LogP contribution in [0.4, 0.5) is 4.39 Å². The van der Waals surface area contributed by atoms with Crippen molar-refractivity contribution in [2.24, 2.45) is 0 Å². The van der Waals surface area contributed by atoms with Crippen LogP contribution < -0.4 is 0 Å². The molecule has 0 aliphatic carbocycles. The first kappa shape index (κ1) is 18.8. The lowest BCUT2D eigenvalue weighted by Crippen LogP contribution is -2.08. The fourth-order valence-electron chi connectivity index (χ4n) is 2.74. The molecule has 146 valence electrons. The summed E-state index contributed by atoms with van der Waals surface area (Å²) < 4.78 is 43.5. The third-order valence-corrected chi connectivity index (χ3v) is 5.19. The highest BCUT2D eigenvalue weighted by atomic mass is 32.2. The SMILES string of the molecule is COS(=O)(=O)c1nccc(-c2nnn(-c3ccccc3)c2-c2ccc(F)cc2)n1. The van der Waals surface area contributed by atoms with Gasteiger partial charge in [-0.15, -0.1) is 5.10 Å². The summed E-state index contributed by atoms with van der Waals surface area (Å²) in [6, 6.07) is 16.6. The minimum absolute atomic E-state index is 0.233. The molecule has 0 aliphatic rings. The third kappa shape index (κ3) is 3.62. The number of para-hydroxylation sites is 1. The van der Waals surface area contributed by atoms with E-state index in [0.29, 0.717) is 17.0 Å². The van der Waals surface area contributed by atoms with Crippen LogP contribution in [0.1, 0.15) is 0 Å². The van der Waals surface area contributed by atoms with E-state index in [9.17, 15) is 12.8 Å². The van der Waals surface area contributed by atoms with Gasteiger partial charge in [-0.25, -0.2) is 19.0 Å². The molecule has 0 radical (unpaired) electrons. The fraction of sp³-hybridized carbons (Fsp3) is 0.0526. The van der Waals surface area contributed by atoms with Crippen LogP contribution in [0.15, 0.2) is 72.0 Å². The Morgan fingerprint density at radius 3 is 2.41 bits per heavy atom.